The number of carbonyl (C=O) groups is 1. The second-order valence-electron chi connectivity index (χ2n) is 4.37. The molecule has 110 valence electrons. The van der Waals surface area contributed by atoms with E-state index in [0.717, 1.165) is 6.07 Å². The van der Waals surface area contributed by atoms with Gasteiger partial charge < -0.3 is 10.2 Å². The molecule has 0 radical (unpaired) electrons. The molecular formula is C14H11BrO5S. The third kappa shape index (κ3) is 3.62. The van der Waals surface area contributed by atoms with Gasteiger partial charge in [-0.2, -0.15) is 0 Å². The highest BCUT2D eigenvalue weighted by atomic mass is 79.9. The first-order valence-corrected chi connectivity index (χ1v) is 8.27. The van der Waals surface area contributed by atoms with Crippen molar-refractivity contribution in [3.05, 3.63) is 58.1 Å². The molecule has 2 N–H and O–H groups in total. The average molecular weight is 371 g/mol. The molecule has 2 aromatic carbocycles. The Morgan fingerprint density at radius 3 is 2.29 bits per heavy atom. The zero-order valence-corrected chi connectivity index (χ0v) is 13.1. The van der Waals surface area contributed by atoms with Crippen LogP contribution < -0.4 is 0 Å². The number of aromatic carboxylic acids is 1. The normalized spacial score (nSPS) is 11.3. The Balaban J connectivity index is 2.38. The van der Waals surface area contributed by atoms with Crippen molar-refractivity contribution in [2.75, 3.05) is 0 Å². The van der Waals surface area contributed by atoms with Crippen molar-refractivity contribution in [3.63, 3.8) is 0 Å². The molecule has 0 saturated carbocycles. The molecule has 0 heterocycles. The Kier molecular flexibility index (Phi) is 4.34. The number of sulfone groups is 1. The van der Waals surface area contributed by atoms with Crippen LogP contribution in [0.3, 0.4) is 0 Å². The van der Waals surface area contributed by atoms with Crippen LogP contribution >= 0.6 is 15.9 Å². The van der Waals surface area contributed by atoms with Gasteiger partial charge in [0, 0.05) is 4.47 Å². The van der Waals surface area contributed by atoms with Crippen LogP contribution in [-0.2, 0) is 15.6 Å². The van der Waals surface area contributed by atoms with E-state index in [1.54, 1.807) is 0 Å². The summed E-state index contributed by atoms with van der Waals surface area (Å²) in [5, 5.41) is 18.2. The molecule has 5 nitrogen and oxygen atoms in total. The lowest BCUT2D eigenvalue weighted by molar-refractivity contribution is 0.0695. The molecule has 0 bridgehead atoms. The molecular weight excluding hydrogens is 360 g/mol. The number of carboxylic acid groups (broad SMARTS) is 1. The first-order valence-electron chi connectivity index (χ1n) is 5.83. The average Bonchev–Trinajstić information content (AvgIpc) is 2.41. The van der Waals surface area contributed by atoms with Gasteiger partial charge in [0.05, 0.1) is 16.2 Å². The van der Waals surface area contributed by atoms with Crippen LogP contribution in [0.2, 0.25) is 0 Å². The van der Waals surface area contributed by atoms with E-state index in [4.69, 9.17) is 5.11 Å². The number of aromatic hydroxyl groups is 1. The summed E-state index contributed by atoms with van der Waals surface area (Å²) in [5.41, 5.74) is 0.398. The molecule has 2 aromatic rings. The second kappa shape index (κ2) is 5.87. The van der Waals surface area contributed by atoms with E-state index in [-0.39, 0.29) is 22.0 Å². The van der Waals surface area contributed by atoms with E-state index in [1.165, 1.54) is 36.4 Å². The van der Waals surface area contributed by atoms with Crippen molar-refractivity contribution in [1.82, 2.24) is 0 Å². The van der Waals surface area contributed by atoms with E-state index < -0.39 is 15.8 Å². The van der Waals surface area contributed by atoms with Gasteiger partial charge in [0.15, 0.2) is 9.84 Å². The summed E-state index contributed by atoms with van der Waals surface area (Å²) >= 11 is 3.07. The molecule has 7 heteroatoms. The van der Waals surface area contributed by atoms with Crippen LogP contribution in [0.25, 0.3) is 0 Å². The van der Waals surface area contributed by atoms with Gasteiger partial charge in [-0.25, -0.2) is 13.2 Å². The molecule has 21 heavy (non-hydrogen) atoms. The Bertz CT molecular complexity index is 782. The van der Waals surface area contributed by atoms with E-state index in [0.29, 0.717) is 10.0 Å². The van der Waals surface area contributed by atoms with Gasteiger partial charge in [-0.05, 0) is 51.8 Å². The maximum absolute atomic E-state index is 12.3. The van der Waals surface area contributed by atoms with E-state index in [2.05, 4.69) is 15.9 Å². The highest BCUT2D eigenvalue weighted by Crippen LogP contribution is 2.24. The molecule has 0 aliphatic heterocycles. The lowest BCUT2D eigenvalue weighted by atomic mass is 10.2. The summed E-state index contributed by atoms with van der Waals surface area (Å²) in [6, 6.07) is 9.68. The Morgan fingerprint density at radius 1 is 1.10 bits per heavy atom. The highest BCUT2D eigenvalue weighted by Gasteiger charge is 2.19. The molecule has 0 fully saturated rings. The van der Waals surface area contributed by atoms with Gasteiger partial charge in [-0.1, -0.05) is 12.1 Å². The summed E-state index contributed by atoms with van der Waals surface area (Å²) in [7, 11) is -3.66. The SMILES string of the molecule is O=C(O)c1cc(S(=O)(=O)Cc2ccc(O)cc2)ccc1Br. The van der Waals surface area contributed by atoms with E-state index >= 15 is 0 Å². The van der Waals surface area contributed by atoms with Crippen molar-refractivity contribution in [3.8, 4) is 5.75 Å². The topological polar surface area (TPSA) is 91.7 Å². The fourth-order valence-corrected chi connectivity index (χ4v) is 3.54. The summed E-state index contributed by atoms with van der Waals surface area (Å²) in [5.74, 6) is -1.43. The number of benzene rings is 2. The van der Waals surface area contributed by atoms with Crippen LogP contribution in [-0.4, -0.2) is 24.6 Å². The van der Waals surface area contributed by atoms with E-state index in [9.17, 15) is 18.3 Å². The second-order valence-corrected chi connectivity index (χ2v) is 7.22. The van der Waals surface area contributed by atoms with Gasteiger partial charge in [0.1, 0.15) is 5.75 Å². The summed E-state index contributed by atoms with van der Waals surface area (Å²) < 4.78 is 24.9. The summed E-state index contributed by atoms with van der Waals surface area (Å²) in [6.07, 6.45) is 0. The maximum atomic E-state index is 12.3. The number of phenols is 1. The van der Waals surface area contributed by atoms with Crippen molar-refractivity contribution < 1.29 is 23.4 Å². The number of hydrogen-bond donors (Lipinski definition) is 2. The Hall–Kier alpha value is -1.86. The summed E-state index contributed by atoms with van der Waals surface area (Å²) in [6.45, 7) is 0. The standard InChI is InChI=1S/C14H11BrO5S/c15-13-6-5-11(7-12(13)14(17)18)21(19,20)8-9-1-3-10(16)4-2-9/h1-7,16H,8H2,(H,17,18). The number of rotatable bonds is 4. The lowest BCUT2D eigenvalue weighted by Crippen LogP contribution is -2.07. The molecule has 0 amide bonds. The predicted octanol–water partition coefficient (Wildman–Crippen LogP) is 2.83. The molecule has 2 rings (SSSR count). The van der Waals surface area contributed by atoms with Gasteiger partial charge in [-0.15, -0.1) is 0 Å². The predicted molar refractivity (Wildman–Crippen MR) is 80.1 cm³/mol. The van der Waals surface area contributed by atoms with Crippen molar-refractivity contribution in [1.29, 1.82) is 0 Å². The highest BCUT2D eigenvalue weighted by molar-refractivity contribution is 9.10. The fraction of sp³-hybridized carbons (Fsp3) is 0.0714. The maximum Gasteiger partial charge on any atom is 0.336 e. The molecule has 0 unspecified atom stereocenters. The third-order valence-electron chi connectivity index (χ3n) is 2.82. The summed E-state index contributed by atoms with van der Waals surface area (Å²) in [4.78, 5) is 11.0. The van der Waals surface area contributed by atoms with Crippen LogP contribution in [0.15, 0.2) is 51.8 Å². The molecule has 0 aliphatic carbocycles. The minimum Gasteiger partial charge on any atom is -0.508 e. The molecule has 0 spiro atoms. The van der Waals surface area contributed by atoms with Crippen LogP contribution in [0.5, 0.6) is 5.75 Å². The van der Waals surface area contributed by atoms with Gasteiger partial charge in [0.25, 0.3) is 0 Å². The zero-order chi connectivity index (χ0) is 15.6. The van der Waals surface area contributed by atoms with Crippen LogP contribution in [0, 0.1) is 0 Å². The van der Waals surface area contributed by atoms with Crippen molar-refractivity contribution in [2.24, 2.45) is 0 Å². The largest absolute Gasteiger partial charge is 0.508 e. The third-order valence-corrected chi connectivity index (χ3v) is 5.20. The molecule has 0 atom stereocenters. The van der Waals surface area contributed by atoms with Crippen LogP contribution in [0.4, 0.5) is 0 Å². The van der Waals surface area contributed by atoms with E-state index in [1.807, 2.05) is 0 Å². The number of halogens is 1. The minimum atomic E-state index is -3.66. The first-order chi connectivity index (χ1) is 9.79. The van der Waals surface area contributed by atoms with Gasteiger partial charge >= 0.3 is 5.97 Å². The molecule has 0 aliphatic rings. The fourth-order valence-electron chi connectivity index (χ4n) is 1.76. The van der Waals surface area contributed by atoms with Gasteiger partial charge in [-0.3, -0.25) is 0 Å². The molecule has 0 aromatic heterocycles. The number of hydrogen-bond acceptors (Lipinski definition) is 4. The monoisotopic (exact) mass is 370 g/mol. The zero-order valence-electron chi connectivity index (χ0n) is 10.7. The minimum absolute atomic E-state index is 0.0490. The van der Waals surface area contributed by atoms with Gasteiger partial charge in [0.2, 0.25) is 0 Å². The number of carboxylic acids is 1. The van der Waals surface area contributed by atoms with Crippen LogP contribution in [0.1, 0.15) is 15.9 Å². The molecule has 0 saturated heterocycles. The first kappa shape index (κ1) is 15.5. The van der Waals surface area contributed by atoms with Crippen molar-refractivity contribution >= 4 is 31.7 Å². The number of phenolic OH excluding ortho intramolecular Hbond substituents is 1. The lowest BCUT2D eigenvalue weighted by Gasteiger charge is -2.07. The smallest absolute Gasteiger partial charge is 0.336 e. The Morgan fingerprint density at radius 2 is 1.71 bits per heavy atom. The Labute approximate surface area is 129 Å². The quantitative estimate of drug-likeness (QED) is 0.863. The van der Waals surface area contributed by atoms with Crippen molar-refractivity contribution in [2.45, 2.75) is 10.6 Å².